The maximum Gasteiger partial charge on any atom is 0.191 e. The van der Waals surface area contributed by atoms with Gasteiger partial charge in [-0.3, -0.25) is 4.99 Å². The molecule has 4 rings (SSSR count). The van der Waals surface area contributed by atoms with Crippen LogP contribution < -0.4 is 15.5 Å². The van der Waals surface area contributed by atoms with Crippen molar-refractivity contribution in [3.8, 4) is 0 Å². The number of aromatic nitrogens is 3. The number of rotatable bonds is 7. The Morgan fingerprint density at radius 3 is 2.71 bits per heavy atom. The summed E-state index contributed by atoms with van der Waals surface area (Å²) in [5.41, 5.74) is 1.33. The Morgan fingerprint density at radius 2 is 1.90 bits per heavy atom. The number of aliphatic imine (C=N–C) groups is 1. The second kappa shape index (κ2) is 11.2. The molecular formula is C24H37N7. The number of guanidine groups is 1. The van der Waals surface area contributed by atoms with E-state index in [1.807, 2.05) is 0 Å². The molecule has 0 amide bonds. The number of benzene rings is 1. The van der Waals surface area contributed by atoms with Crippen LogP contribution in [0.3, 0.4) is 0 Å². The molecular weight excluding hydrogens is 386 g/mol. The van der Waals surface area contributed by atoms with Crippen molar-refractivity contribution in [2.75, 3.05) is 31.1 Å². The number of nitrogens with zero attached hydrogens (tertiary/aromatic N) is 5. The van der Waals surface area contributed by atoms with Gasteiger partial charge in [0, 0.05) is 57.3 Å². The van der Waals surface area contributed by atoms with Gasteiger partial charge in [-0.25, -0.2) is 0 Å². The molecule has 0 unspecified atom stereocenters. The summed E-state index contributed by atoms with van der Waals surface area (Å²) >= 11 is 0. The highest BCUT2D eigenvalue weighted by Gasteiger charge is 2.20. The maximum absolute atomic E-state index is 4.84. The topological polar surface area (TPSA) is 70.4 Å². The third-order valence-electron chi connectivity index (χ3n) is 6.32. The third-order valence-corrected chi connectivity index (χ3v) is 6.32. The van der Waals surface area contributed by atoms with Crippen molar-refractivity contribution >= 4 is 11.6 Å². The first-order valence-corrected chi connectivity index (χ1v) is 12.1. The predicted molar refractivity (Wildman–Crippen MR) is 127 cm³/mol. The number of anilines is 1. The zero-order valence-corrected chi connectivity index (χ0v) is 18.9. The van der Waals surface area contributed by atoms with Gasteiger partial charge in [0.2, 0.25) is 0 Å². The zero-order valence-electron chi connectivity index (χ0n) is 18.9. The minimum Gasteiger partial charge on any atom is -0.371 e. The van der Waals surface area contributed by atoms with Crippen LogP contribution in [0.5, 0.6) is 0 Å². The van der Waals surface area contributed by atoms with Crippen LogP contribution in [0.25, 0.3) is 0 Å². The van der Waals surface area contributed by atoms with E-state index < -0.39 is 0 Å². The van der Waals surface area contributed by atoms with Crippen molar-refractivity contribution in [3.63, 3.8) is 0 Å². The Morgan fingerprint density at radius 1 is 1.06 bits per heavy atom. The van der Waals surface area contributed by atoms with E-state index in [-0.39, 0.29) is 0 Å². The molecule has 31 heavy (non-hydrogen) atoms. The van der Waals surface area contributed by atoms with E-state index in [2.05, 4.69) is 67.6 Å². The van der Waals surface area contributed by atoms with Crippen molar-refractivity contribution in [2.24, 2.45) is 4.99 Å². The van der Waals surface area contributed by atoms with Crippen LogP contribution in [-0.4, -0.2) is 52.9 Å². The van der Waals surface area contributed by atoms with Crippen LogP contribution in [0, 0.1) is 0 Å². The van der Waals surface area contributed by atoms with E-state index in [0.717, 1.165) is 76.6 Å². The van der Waals surface area contributed by atoms with Gasteiger partial charge in [-0.05, 0) is 51.2 Å². The van der Waals surface area contributed by atoms with Crippen LogP contribution in [0.4, 0.5) is 5.69 Å². The Balaban J connectivity index is 1.24. The Bertz CT molecular complexity index is 822. The van der Waals surface area contributed by atoms with Crippen molar-refractivity contribution in [3.05, 3.63) is 42.0 Å². The maximum atomic E-state index is 4.84. The van der Waals surface area contributed by atoms with Gasteiger partial charge in [0.1, 0.15) is 11.6 Å². The fourth-order valence-electron chi connectivity index (χ4n) is 4.59. The molecule has 0 saturated carbocycles. The largest absolute Gasteiger partial charge is 0.371 e. The van der Waals surface area contributed by atoms with E-state index in [4.69, 9.17) is 4.99 Å². The van der Waals surface area contributed by atoms with Crippen LogP contribution in [0.1, 0.15) is 57.1 Å². The van der Waals surface area contributed by atoms with Crippen LogP contribution in [-0.2, 0) is 19.4 Å². The SMILES string of the molecule is CCNC(=NCCCc1nnc2n1CCCCC2)NC1CCN(c2ccccc2)CC1. The second-order valence-corrected chi connectivity index (χ2v) is 8.60. The van der Waals surface area contributed by atoms with E-state index in [9.17, 15) is 0 Å². The summed E-state index contributed by atoms with van der Waals surface area (Å²) in [7, 11) is 0. The first-order valence-electron chi connectivity index (χ1n) is 12.1. The smallest absolute Gasteiger partial charge is 0.191 e. The number of nitrogens with one attached hydrogen (secondary N) is 2. The van der Waals surface area contributed by atoms with E-state index in [1.165, 1.54) is 30.8 Å². The second-order valence-electron chi connectivity index (χ2n) is 8.60. The first kappa shape index (κ1) is 21.7. The summed E-state index contributed by atoms with van der Waals surface area (Å²) in [5, 5.41) is 15.9. The average Bonchev–Trinajstić information content (AvgIpc) is 3.03. The summed E-state index contributed by atoms with van der Waals surface area (Å²) in [6.45, 7) is 7.05. The Labute approximate surface area is 186 Å². The van der Waals surface area contributed by atoms with Crippen molar-refractivity contribution in [1.82, 2.24) is 25.4 Å². The standard InChI is InChI=1S/C24H37N7/c1-2-25-24(27-20-14-18-30(19-15-20)21-10-5-3-6-11-21)26-16-9-13-23-29-28-22-12-7-4-8-17-31(22)23/h3,5-6,10-11,20H,2,4,7-9,12-19H2,1H3,(H2,25,26,27). The summed E-state index contributed by atoms with van der Waals surface area (Å²) < 4.78 is 2.35. The van der Waals surface area contributed by atoms with Gasteiger partial charge >= 0.3 is 0 Å². The van der Waals surface area contributed by atoms with E-state index in [0.29, 0.717) is 6.04 Å². The van der Waals surface area contributed by atoms with Gasteiger partial charge in [0.25, 0.3) is 0 Å². The molecule has 1 fully saturated rings. The van der Waals surface area contributed by atoms with Crippen LogP contribution >= 0.6 is 0 Å². The Kier molecular flexibility index (Phi) is 7.80. The number of fused-ring (bicyclic) bond motifs is 1. The molecule has 0 spiro atoms. The van der Waals surface area contributed by atoms with Gasteiger partial charge in [0.05, 0.1) is 0 Å². The number of para-hydroxylation sites is 1. The highest BCUT2D eigenvalue weighted by atomic mass is 15.3. The van der Waals surface area contributed by atoms with Crippen molar-refractivity contribution < 1.29 is 0 Å². The summed E-state index contributed by atoms with van der Waals surface area (Å²) in [5.74, 6) is 3.26. The zero-order chi connectivity index (χ0) is 21.3. The lowest BCUT2D eigenvalue weighted by Gasteiger charge is -2.34. The van der Waals surface area contributed by atoms with Gasteiger partial charge in [-0.1, -0.05) is 24.6 Å². The number of hydrogen-bond acceptors (Lipinski definition) is 4. The minimum atomic E-state index is 0.477. The molecule has 7 heteroatoms. The lowest BCUT2D eigenvalue weighted by atomic mass is 10.0. The molecule has 2 aromatic rings. The normalized spacial score (nSPS) is 17.8. The quantitative estimate of drug-likeness (QED) is 0.407. The van der Waals surface area contributed by atoms with Gasteiger partial charge in [-0.15, -0.1) is 10.2 Å². The summed E-state index contributed by atoms with van der Waals surface area (Å²) in [6, 6.07) is 11.2. The molecule has 1 aromatic heterocycles. The lowest BCUT2D eigenvalue weighted by Crippen LogP contribution is -2.48. The summed E-state index contributed by atoms with van der Waals surface area (Å²) in [4.78, 5) is 7.31. The van der Waals surface area contributed by atoms with Crippen LogP contribution in [0.15, 0.2) is 35.3 Å². The molecule has 0 radical (unpaired) electrons. The monoisotopic (exact) mass is 423 g/mol. The molecule has 0 atom stereocenters. The fraction of sp³-hybridized carbons (Fsp3) is 0.625. The highest BCUT2D eigenvalue weighted by molar-refractivity contribution is 5.80. The molecule has 1 aromatic carbocycles. The van der Waals surface area contributed by atoms with Gasteiger partial charge in [0.15, 0.2) is 5.96 Å². The Hall–Kier alpha value is -2.57. The van der Waals surface area contributed by atoms with Crippen molar-refractivity contribution in [2.45, 2.75) is 70.9 Å². The van der Waals surface area contributed by atoms with Crippen molar-refractivity contribution in [1.29, 1.82) is 0 Å². The molecule has 0 bridgehead atoms. The molecule has 3 heterocycles. The number of hydrogen-bond donors (Lipinski definition) is 2. The number of piperidine rings is 1. The third kappa shape index (κ3) is 5.99. The van der Waals surface area contributed by atoms with Gasteiger partial charge in [-0.2, -0.15) is 0 Å². The predicted octanol–water partition coefficient (Wildman–Crippen LogP) is 3.16. The summed E-state index contributed by atoms with van der Waals surface area (Å²) in [6.07, 6.45) is 9.07. The lowest BCUT2D eigenvalue weighted by molar-refractivity contribution is 0.461. The average molecular weight is 424 g/mol. The molecule has 2 aliphatic rings. The van der Waals surface area contributed by atoms with Gasteiger partial charge < -0.3 is 20.1 Å². The highest BCUT2D eigenvalue weighted by Crippen LogP contribution is 2.19. The molecule has 0 aliphatic carbocycles. The number of aryl methyl sites for hydroxylation is 2. The van der Waals surface area contributed by atoms with E-state index in [1.54, 1.807) is 0 Å². The molecule has 168 valence electrons. The molecule has 1 saturated heterocycles. The van der Waals surface area contributed by atoms with Crippen LogP contribution in [0.2, 0.25) is 0 Å². The fourth-order valence-corrected chi connectivity index (χ4v) is 4.59. The first-order chi connectivity index (χ1) is 15.3. The molecule has 2 aliphatic heterocycles. The minimum absolute atomic E-state index is 0.477. The van der Waals surface area contributed by atoms with E-state index >= 15 is 0 Å². The molecule has 2 N–H and O–H groups in total. The molecule has 7 nitrogen and oxygen atoms in total.